The van der Waals surface area contributed by atoms with Gasteiger partial charge in [-0.05, 0) is 45.0 Å². The number of likely N-dealkylation sites (N-methyl/N-ethyl adjacent to an activating group) is 1. The first-order valence-corrected chi connectivity index (χ1v) is 8.92. The lowest BCUT2D eigenvalue weighted by Crippen LogP contribution is -2.56. The van der Waals surface area contributed by atoms with Crippen LogP contribution in [-0.2, 0) is 9.59 Å². The molecule has 0 bridgehead atoms. The van der Waals surface area contributed by atoms with Crippen LogP contribution in [0.2, 0.25) is 5.02 Å². The summed E-state index contributed by atoms with van der Waals surface area (Å²) in [7, 11) is 0. The van der Waals surface area contributed by atoms with Gasteiger partial charge in [0.15, 0.2) is 5.60 Å². The van der Waals surface area contributed by atoms with E-state index in [-0.39, 0.29) is 11.8 Å². The average Bonchev–Trinajstić information content (AvgIpc) is 2.57. The number of ether oxygens (including phenoxy) is 1. The molecule has 138 valence electrons. The van der Waals surface area contributed by atoms with Crippen LogP contribution in [-0.4, -0.2) is 66.5 Å². The normalized spacial score (nSPS) is 15.8. The molecule has 1 saturated heterocycles. The van der Waals surface area contributed by atoms with Crippen LogP contribution in [0.4, 0.5) is 0 Å². The number of amides is 2. The first-order valence-electron chi connectivity index (χ1n) is 8.55. The number of hydrogen-bond acceptors (Lipinski definition) is 4. The van der Waals surface area contributed by atoms with Gasteiger partial charge in [-0.15, -0.1) is 0 Å². The molecular weight excluding hydrogens is 342 g/mol. The third kappa shape index (κ3) is 5.61. The van der Waals surface area contributed by atoms with E-state index in [0.29, 0.717) is 50.0 Å². The molecule has 0 aromatic heterocycles. The molecular formula is C18H26ClN3O3. The molecule has 0 radical (unpaired) electrons. The van der Waals surface area contributed by atoms with Gasteiger partial charge in [-0.1, -0.05) is 11.6 Å². The number of halogens is 1. The summed E-state index contributed by atoms with van der Waals surface area (Å²) in [4.78, 5) is 28.3. The van der Waals surface area contributed by atoms with Crippen molar-refractivity contribution in [2.45, 2.75) is 26.4 Å². The highest BCUT2D eigenvalue weighted by Gasteiger charge is 2.35. The molecule has 1 heterocycles. The fourth-order valence-electron chi connectivity index (χ4n) is 2.79. The van der Waals surface area contributed by atoms with Crippen molar-refractivity contribution in [1.29, 1.82) is 0 Å². The zero-order valence-electron chi connectivity index (χ0n) is 15.0. The fourth-order valence-corrected chi connectivity index (χ4v) is 2.91. The summed E-state index contributed by atoms with van der Waals surface area (Å²) in [5.41, 5.74) is -0.963. The molecule has 0 spiro atoms. The second-order valence-corrected chi connectivity index (χ2v) is 7.02. The summed E-state index contributed by atoms with van der Waals surface area (Å²) in [5, 5.41) is 3.42. The van der Waals surface area contributed by atoms with Crippen molar-refractivity contribution in [2.75, 3.05) is 39.3 Å². The first-order chi connectivity index (χ1) is 11.8. The predicted octanol–water partition coefficient (Wildman–Crippen LogP) is 1.78. The van der Waals surface area contributed by atoms with Crippen molar-refractivity contribution in [1.82, 2.24) is 15.1 Å². The molecule has 0 atom stereocenters. The van der Waals surface area contributed by atoms with Crippen LogP contribution in [0.3, 0.4) is 0 Å². The maximum Gasteiger partial charge on any atom is 0.266 e. The van der Waals surface area contributed by atoms with E-state index in [1.165, 1.54) is 0 Å². The maximum absolute atomic E-state index is 12.8. The van der Waals surface area contributed by atoms with Crippen LogP contribution in [0, 0.1) is 0 Å². The highest BCUT2D eigenvalue weighted by Crippen LogP contribution is 2.22. The standard InChI is InChI=1S/C18H26ClN3O3/c1-4-20-16(23)13-21-9-11-22(12-10-21)17(24)18(2,3)25-15-7-5-14(19)6-8-15/h5-8H,4,9-13H2,1-3H3,(H,20,23). The van der Waals surface area contributed by atoms with Crippen LogP contribution in [0.25, 0.3) is 0 Å². The number of benzene rings is 1. The lowest BCUT2D eigenvalue weighted by molar-refractivity contribution is -0.147. The van der Waals surface area contributed by atoms with Gasteiger partial charge in [-0.25, -0.2) is 0 Å². The smallest absolute Gasteiger partial charge is 0.266 e. The summed E-state index contributed by atoms with van der Waals surface area (Å²) in [5.74, 6) is 0.575. The van der Waals surface area contributed by atoms with Gasteiger partial charge in [-0.3, -0.25) is 14.5 Å². The molecule has 0 saturated carbocycles. The lowest BCUT2D eigenvalue weighted by atomic mass is 10.1. The Balaban J connectivity index is 1.88. The monoisotopic (exact) mass is 367 g/mol. The molecule has 1 fully saturated rings. The third-order valence-electron chi connectivity index (χ3n) is 4.10. The van der Waals surface area contributed by atoms with Gasteiger partial charge in [0.25, 0.3) is 5.91 Å². The molecule has 1 aliphatic rings. The molecule has 1 N–H and O–H groups in total. The van der Waals surface area contributed by atoms with E-state index in [1.807, 2.05) is 6.92 Å². The molecule has 7 heteroatoms. The van der Waals surface area contributed by atoms with Crippen molar-refractivity contribution in [3.05, 3.63) is 29.3 Å². The number of piperazine rings is 1. The van der Waals surface area contributed by atoms with Gasteiger partial charge in [0.2, 0.25) is 5.91 Å². The van der Waals surface area contributed by atoms with Crippen molar-refractivity contribution in [2.24, 2.45) is 0 Å². The Hall–Kier alpha value is -1.79. The van der Waals surface area contributed by atoms with Gasteiger partial charge in [0, 0.05) is 37.7 Å². The molecule has 2 rings (SSSR count). The van der Waals surface area contributed by atoms with E-state index in [9.17, 15) is 9.59 Å². The van der Waals surface area contributed by atoms with E-state index in [4.69, 9.17) is 16.3 Å². The Morgan fingerprint density at radius 1 is 1.16 bits per heavy atom. The number of nitrogens with one attached hydrogen (secondary N) is 1. The van der Waals surface area contributed by atoms with E-state index < -0.39 is 5.60 Å². The minimum absolute atomic E-state index is 0.0219. The summed E-state index contributed by atoms with van der Waals surface area (Å²) in [6.07, 6.45) is 0. The molecule has 1 aromatic rings. The zero-order chi connectivity index (χ0) is 18.4. The molecule has 1 aromatic carbocycles. The number of carbonyl (C=O) groups excluding carboxylic acids is 2. The summed E-state index contributed by atoms with van der Waals surface area (Å²) < 4.78 is 5.87. The fraction of sp³-hybridized carbons (Fsp3) is 0.556. The average molecular weight is 368 g/mol. The molecule has 0 aliphatic carbocycles. The molecule has 0 unspecified atom stereocenters. The van der Waals surface area contributed by atoms with E-state index in [0.717, 1.165) is 0 Å². The highest BCUT2D eigenvalue weighted by atomic mass is 35.5. The predicted molar refractivity (Wildman–Crippen MR) is 97.9 cm³/mol. The summed E-state index contributed by atoms with van der Waals surface area (Å²) in [6, 6.07) is 6.97. The van der Waals surface area contributed by atoms with Crippen LogP contribution >= 0.6 is 11.6 Å². The van der Waals surface area contributed by atoms with Gasteiger partial charge in [-0.2, -0.15) is 0 Å². The van der Waals surface area contributed by atoms with Crippen LogP contribution in [0.15, 0.2) is 24.3 Å². The quantitative estimate of drug-likeness (QED) is 0.832. The molecule has 1 aliphatic heterocycles. The van der Waals surface area contributed by atoms with Crippen LogP contribution in [0.5, 0.6) is 5.75 Å². The number of carbonyl (C=O) groups is 2. The highest BCUT2D eigenvalue weighted by molar-refractivity contribution is 6.30. The Morgan fingerprint density at radius 2 is 1.76 bits per heavy atom. The van der Waals surface area contributed by atoms with Gasteiger partial charge in [0.1, 0.15) is 5.75 Å². The van der Waals surface area contributed by atoms with Gasteiger partial charge in [0.05, 0.1) is 6.54 Å². The summed E-state index contributed by atoms with van der Waals surface area (Å²) >= 11 is 5.87. The van der Waals surface area contributed by atoms with Gasteiger partial charge < -0.3 is 15.0 Å². The van der Waals surface area contributed by atoms with Crippen LogP contribution < -0.4 is 10.1 Å². The minimum Gasteiger partial charge on any atom is -0.478 e. The van der Waals surface area contributed by atoms with Crippen molar-refractivity contribution < 1.29 is 14.3 Å². The lowest BCUT2D eigenvalue weighted by Gasteiger charge is -2.38. The molecule has 2 amide bonds. The van der Waals surface area contributed by atoms with Crippen molar-refractivity contribution in [3.63, 3.8) is 0 Å². The van der Waals surface area contributed by atoms with Crippen molar-refractivity contribution in [3.8, 4) is 5.75 Å². The molecule has 25 heavy (non-hydrogen) atoms. The second kappa shape index (κ2) is 8.54. The first kappa shape index (κ1) is 19.5. The second-order valence-electron chi connectivity index (χ2n) is 6.59. The number of hydrogen-bond donors (Lipinski definition) is 1. The number of rotatable bonds is 6. The Bertz CT molecular complexity index is 596. The SMILES string of the molecule is CCNC(=O)CN1CCN(C(=O)C(C)(C)Oc2ccc(Cl)cc2)CC1. The van der Waals surface area contributed by atoms with E-state index in [2.05, 4.69) is 10.2 Å². The zero-order valence-corrected chi connectivity index (χ0v) is 15.8. The topological polar surface area (TPSA) is 61.9 Å². The number of nitrogens with zero attached hydrogens (tertiary/aromatic N) is 2. The van der Waals surface area contributed by atoms with E-state index in [1.54, 1.807) is 43.0 Å². The molecule has 6 nitrogen and oxygen atoms in total. The largest absolute Gasteiger partial charge is 0.478 e. The van der Waals surface area contributed by atoms with Crippen molar-refractivity contribution >= 4 is 23.4 Å². The third-order valence-corrected chi connectivity index (χ3v) is 4.35. The van der Waals surface area contributed by atoms with Crippen LogP contribution in [0.1, 0.15) is 20.8 Å². The Kier molecular flexibility index (Phi) is 6.67. The van der Waals surface area contributed by atoms with Gasteiger partial charge >= 0.3 is 0 Å². The van der Waals surface area contributed by atoms with E-state index >= 15 is 0 Å². The minimum atomic E-state index is -0.963. The summed E-state index contributed by atoms with van der Waals surface area (Å²) in [6.45, 7) is 8.98. The maximum atomic E-state index is 12.8. The Labute approximate surface area is 154 Å². The Morgan fingerprint density at radius 3 is 2.32 bits per heavy atom.